The summed E-state index contributed by atoms with van der Waals surface area (Å²) in [7, 11) is 0. The van der Waals surface area contributed by atoms with Crippen LogP contribution in [-0.4, -0.2) is 18.3 Å². The maximum absolute atomic E-state index is 12.2. The van der Waals surface area contributed by atoms with Gasteiger partial charge in [-0.05, 0) is 18.2 Å². The highest BCUT2D eigenvalue weighted by Crippen LogP contribution is 2.34. The molecule has 0 saturated heterocycles. The standard InChI is InChI=1S/C9H8ClF3O2/c10-7-5-6(9(11,12)13)1-2-8(7)15-4-3-14/h1-2,5,14H,3-4H2. The van der Waals surface area contributed by atoms with Gasteiger partial charge in [0.2, 0.25) is 0 Å². The summed E-state index contributed by atoms with van der Waals surface area (Å²) in [6.07, 6.45) is -4.42. The number of hydrogen-bond acceptors (Lipinski definition) is 2. The summed E-state index contributed by atoms with van der Waals surface area (Å²) >= 11 is 5.56. The van der Waals surface area contributed by atoms with E-state index in [0.29, 0.717) is 0 Å². The van der Waals surface area contributed by atoms with Crippen molar-refractivity contribution in [1.82, 2.24) is 0 Å². The first-order chi connectivity index (χ1) is 6.95. The van der Waals surface area contributed by atoms with Crippen LogP contribution >= 0.6 is 11.6 Å². The van der Waals surface area contributed by atoms with Crippen LogP contribution in [0.25, 0.3) is 0 Å². The predicted octanol–water partition coefficient (Wildman–Crippen LogP) is 2.73. The van der Waals surface area contributed by atoms with Gasteiger partial charge < -0.3 is 9.84 Å². The minimum absolute atomic E-state index is 0.00884. The number of ether oxygens (including phenoxy) is 1. The zero-order valence-corrected chi connectivity index (χ0v) is 8.27. The van der Waals surface area contributed by atoms with Crippen molar-refractivity contribution in [2.75, 3.05) is 13.2 Å². The Labute approximate surface area is 89.2 Å². The Hall–Kier alpha value is -0.940. The summed E-state index contributed by atoms with van der Waals surface area (Å²) in [6.45, 7) is -0.234. The molecular formula is C9H8ClF3O2. The fourth-order valence-corrected chi connectivity index (χ4v) is 1.18. The number of alkyl halides is 3. The second-order valence-electron chi connectivity index (χ2n) is 2.72. The molecule has 0 saturated carbocycles. The van der Waals surface area contributed by atoms with Crippen molar-refractivity contribution in [2.24, 2.45) is 0 Å². The van der Waals surface area contributed by atoms with E-state index >= 15 is 0 Å². The van der Waals surface area contributed by atoms with Crippen LogP contribution in [0.1, 0.15) is 5.56 Å². The first kappa shape index (κ1) is 12.1. The maximum atomic E-state index is 12.2. The van der Waals surface area contributed by atoms with Crippen molar-refractivity contribution < 1.29 is 23.0 Å². The van der Waals surface area contributed by atoms with Crippen molar-refractivity contribution in [3.05, 3.63) is 28.8 Å². The number of rotatable bonds is 3. The molecule has 0 fully saturated rings. The molecule has 1 aromatic carbocycles. The molecule has 6 heteroatoms. The number of hydrogen-bond donors (Lipinski definition) is 1. The average Bonchev–Trinajstić information content (AvgIpc) is 2.14. The van der Waals surface area contributed by atoms with Crippen LogP contribution in [0.3, 0.4) is 0 Å². The summed E-state index contributed by atoms with van der Waals surface area (Å²) in [5.74, 6) is 0.124. The van der Waals surface area contributed by atoms with Gasteiger partial charge in [-0.2, -0.15) is 13.2 Å². The third kappa shape index (κ3) is 3.28. The fraction of sp³-hybridized carbons (Fsp3) is 0.333. The third-order valence-corrected chi connectivity index (χ3v) is 1.90. The van der Waals surface area contributed by atoms with E-state index in [1.807, 2.05) is 0 Å². The summed E-state index contributed by atoms with van der Waals surface area (Å²) < 4.78 is 41.5. The highest BCUT2D eigenvalue weighted by Gasteiger charge is 2.30. The van der Waals surface area contributed by atoms with Gasteiger partial charge in [0.1, 0.15) is 12.4 Å². The summed E-state index contributed by atoms with van der Waals surface area (Å²) in [5.41, 5.74) is -0.830. The van der Waals surface area contributed by atoms with Crippen LogP contribution in [0.15, 0.2) is 18.2 Å². The molecular weight excluding hydrogens is 233 g/mol. The molecule has 1 aromatic rings. The molecule has 0 bridgehead atoms. The largest absolute Gasteiger partial charge is 0.490 e. The van der Waals surface area contributed by atoms with Gasteiger partial charge in [-0.15, -0.1) is 0 Å². The van der Waals surface area contributed by atoms with Gasteiger partial charge in [0, 0.05) is 0 Å². The lowest BCUT2D eigenvalue weighted by Gasteiger charge is -2.10. The summed E-state index contributed by atoms with van der Waals surface area (Å²) in [4.78, 5) is 0. The van der Waals surface area contributed by atoms with Crippen LogP contribution in [0.5, 0.6) is 5.75 Å². The van der Waals surface area contributed by atoms with Gasteiger partial charge in [0.25, 0.3) is 0 Å². The van der Waals surface area contributed by atoms with Crippen LogP contribution in [0, 0.1) is 0 Å². The molecule has 0 radical (unpaired) electrons. The molecule has 1 rings (SSSR count). The molecule has 0 atom stereocenters. The smallest absolute Gasteiger partial charge is 0.416 e. The monoisotopic (exact) mass is 240 g/mol. The number of benzene rings is 1. The Morgan fingerprint density at radius 3 is 2.47 bits per heavy atom. The van der Waals surface area contributed by atoms with Crippen molar-refractivity contribution in [1.29, 1.82) is 0 Å². The molecule has 15 heavy (non-hydrogen) atoms. The topological polar surface area (TPSA) is 29.5 Å². The van der Waals surface area contributed by atoms with Crippen LogP contribution in [0.4, 0.5) is 13.2 Å². The molecule has 0 aliphatic rings. The van der Waals surface area contributed by atoms with Crippen LogP contribution in [-0.2, 0) is 6.18 Å². The molecule has 84 valence electrons. The Kier molecular flexibility index (Phi) is 3.82. The molecule has 0 amide bonds. The van der Waals surface area contributed by atoms with E-state index < -0.39 is 11.7 Å². The van der Waals surface area contributed by atoms with Gasteiger partial charge in [-0.25, -0.2) is 0 Å². The molecule has 0 unspecified atom stereocenters. The van der Waals surface area contributed by atoms with Gasteiger partial charge in [-0.1, -0.05) is 11.6 Å². The van der Waals surface area contributed by atoms with Crippen LogP contribution in [0.2, 0.25) is 5.02 Å². The molecule has 0 aliphatic heterocycles. The van der Waals surface area contributed by atoms with Gasteiger partial charge in [-0.3, -0.25) is 0 Å². The van der Waals surface area contributed by atoms with Crippen molar-refractivity contribution in [3.8, 4) is 5.75 Å². The molecule has 0 aliphatic carbocycles. The first-order valence-electron chi connectivity index (χ1n) is 4.05. The minimum atomic E-state index is -4.42. The number of aliphatic hydroxyl groups excluding tert-OH is 1. The van der Waals surface area contributed by atoms with E-state index in [-0.39, 0.29) is 24.0 Å². The Morgan fingerprint density at radius 2 is 2.00 bits per heavy atom. The zero-order chi connectivity index (χ0) is 11.5. The highest BCUT2D eigenvalue weighted by molar-refractivity contribution is 6.32. The van der Waals surface area contributed by atoms with E-state index in [2.05, 4.69) is 0 Å². The minimum Gasteiger partial charge on any atom is -0.490 e. The van der Waals surface area contributed by atoms with E-state index in [1.165, 1.54) is 0 Å². The fourth-order valence-electron chi connectivity index (χ4n) is 0.950. The zero-order valence-electron chi connectivity index (χ0n) is 7.51. The quantitative estimate of drug-likeness (QED) is 0.880. The van der Waals surface area contributed by atoms with Gasteiger partial charge in [0.15, 0.2) is 0 Å². The lowest BCUT2D eigenvalue weighted by molar-refractivity contribution is -0.137. The first-order valence-corrected chi connectivity index (χ1v) is 4.43. The normalized spacial score (nSPS) is 11.5. The summed E-state index contributed by atoms with van der Waals surface area (Å²) in [5, 5.41) is 8.33. The Morgan fingerprint density at radius 1 is 1.33 bits per heavy atom. The lowest BCUT2D eigenvalue weighted by Crippen LogP contribution is -2.06. The highest BCUT2D eigenvalue weighted by atomic mass is 35.5. The molecule has 0 spiro atoms. The van der Waals surface area contributed by atoms with Gasteiger partial charge >= 0.3 is 6.18 Å². The van der Waals surface area contributed by atoms with E-state index in [0.717, 1.165) is 18.2 Å². The Balaban J connectivity index is 2.88. The number of halogens is 4. The van der Waals surface area contributed by atoms with E-state index in [4.69, 9.17) is 21.4 Å². The third-order valence-electron chi connectivity index (χ3n) is 1.61. The maximum Gasteiger partial charge on any atom is 0.416 e. The average molecular weight is 241 g/mol. The molecule has 2 nitrogen and oxygen atoms in total. The van der Waals surface area contributed by atoms with Crippen molar-refractivity contribution >= 4 is 11.6 Å². The second-order valence-corrected chi connectivity index (χ2v) is 3.12. The lowest BCUT2D eigenvalue weighted by atomic mass is 10.2. The molecule has 1 N–H and O–H groups in total. The van der Waals surface area contributed by atoms with Crippen molar-refractivity contribution in [2.45, 2.75) is 6.18 Å². The predicted molar refractivity (Wildman–Crippen MR) is 49.0 cm³/mol. The summed E-state index contributed by atoms with van der Waals surface area (Å²) in [6, 6.07) is 2.79. The van der Waals surface area contributed by atoms with E-state index in [9.17, 15) is 13.2 Å². The van der Waals surface area contributed by atoms with Gasteiger partial charge in [0.05, 0.1) is 17.2 Å². The SMILES string of the molecule is OCCOc1ccc(C(F)(F)F)cc1Cl. The number of aliphatic hydroxyl groups is 1. The van der Waals surface area contributed by atoms with Crippen LogP contribution < -0.4 is 4.74 Å². The second kappa shape index (κ2) is 4.72. The van der Waals surface area contributed by atoms with Crippen molar-refractivity contribution in [3.63, 3.8) is 0 Å². The molecule has 0 heterocycles. The molecule has 0 aromatic heterocycles. The Bertz CT molecular complexity index is 339. The van der Waals surface area contributed by atoms with E-state index in [1.54, 1.807) is 0 Å².